The number of aryl methyl sites for hydroxylation is 1. The minimum Gasteiger partial charge on any atom is -0.488 e. The standard InChI is InChI=1S/C24H19IN2O5/c1-15-4-2-5-17(10-15)14-32-21-8-7-16(12-20(21)25)11-19-22(28)26-24(30)27(23(19)29)13-18-6-3-9-31-18/h2-12H,13-14H2,1H3,(H,26,28,30)/b19-11+. The van der Waals surface area contributed by atoms with E-state index in [1.54, 1.807) is 24.3 Å². The molecule has 0 bridgehead atoms. The molecule has 162 valence electrons. The van der Waals surface area contributed by atoms with E-state index >= 15 is 0 Å². The Labute approximate surface area is 198 Å². The van der Waals surface area contributed by atoms with Crippen LogP contribution in [0.25, 0.3) is 6.08 Å². The van der Waals surface area contributed by atoms with E-state index in [1.807, 2.05) is 31.2 Å². The van der Waals surface area contributed by atoms with E-state index in [4.69, 9.17) is 9.15 Å². The summed E-state index contributed by atoms with van der Waals surface area (Å²) in [5, 5.41) is 2.20. The molecule has 0 aliphatic carbocycles. The largest absolute Gasteiger partial charge is 0.488 e. The molecule has 1 aliphatic rings. The number of furan rings is 1. The van der Waals surface area contributed by atoms with Crippen molar-refractivity contribution in [3.63, 3.8) is 0 Å². The second-order valence-corrected chi connectivity index (χ2v) is 8.42. The lowest BCUT2D eigenvalue weighted by atomic mass is 10.1. The smallest absolute Gasteiger partial charge is 0.331 e. The number of benzene rings is 2. The number of nitrogens with zero attached hydrogens (tertiary/aromatic N) is 1. The molecule has 4 rings (SSSR count). The first kappa shape index (κ1) is 21.8. The number of urea groups is 1. The van der Waals surface area contributed by atoms with E-state index in [-0.39, 0.29) is 12.1 Å². The highest BCUT2D eigenvalue weighted by Crippen LogP contribution is 2.25. The summed E-state index contributed by atoms with van der Waals surface area (Å²) in [4.78, 5) is 38.2. The number of hydrogen-bond acceptors (Lipinski definition) is 5. The molecule has 1 saturated heterocycles. The predicted octanol–water partition coefficient (Wildman–Crippen LogP) is 4.43. The van der Waals surface area contributed by atoms with Crippen LogP contribution in [0, 0.1) is 10.5 Å². The predicted molar refractivity (Wildman–Crippen MR) is 125 cm³/mol. The molecule has 0 radical (unpaired) electrons. The molecular formula is C24H19IN2O5. The minimum absolute atomic E-state index is 0.0639. The Kier molecular flexibility index (Phi) is 6.40. The van der Waals surface area contributed by atoms with Crippen LogP contribution in [0.5, 0.6) is 5.75 Å². The van der Waals surface area contributed by atoms with Crippen LogP contribution in [0.4, 0.5) is 4.79 Å². The van der Waals surface area contributed by atoms with Crippen molar-refractivity contribution in [2.45, 2.75) is 20.1 Å². The van der Waals surface area contributed by atoms with Gasteiger partial charge in [0.2, 0.25) is 0 Å². The zero-order valence-electron chi connectivity index (χ0n) is 17.1. The number of ether oxygens (including phenoxy) is 1. The fourth-order valence-electron chi connectivity index (χ4n) is 3.25. The van der Waals surface area contributed by atoms with E-state index in [9.17, 15) is 14.4 Å². The van der Waals surface area contributed by atoms with Gasteiger partial charge in [0.25, 0.3) is 11.8 Å². The second kappa shape index (κ2) is 9.39. The van der Waals surface area contributed by atoms with Crippen molar-refractivity contribution in [1.82, 2.24) is 10.2 Å². The number of imide groups is 2. The lowest BCUT2D eigenvalue weighted by Gasteiger charge is -2.25. The Balaban J connectivity index is 1.51. The molecule has 8 heteroatoms. The summed E-state index contributed by atoms with van der Waals surface area (Å²) in [6.07, 6.45) is 2.92. The number of rotatable bonds is 6. The van der Waals surface area contributed by atoms with Gasteiger partial charge in [-0.05, 0) is 71.0 Å². The molecule has 7 nitrogen and oxygen atoms in total. The van der Waals surface area contributed by atoms with Crippen molar-refractivity contribution >= 4 is 46.5 Å². The Morgan fingerprint density at radius 3 is 2.66 bits per heavy atom. The number of halogens is 1. The van der Waals surface area contributed by atoms with Gasteiger partial charge >= 0.3 is 6.03 Å². The van der Waals surface area contributed by atoms with Crippen LogP contribution in [0.3, 0.4) is 0 Å². The Morgan fingerprint density at radius 2 is 1.94 bits per heavy atom. The normalized spacial score (nSPS) is 15.2. The molecule has 2 aromatic carbocycles. The highest BCUT2D eigenvalue weighted by Gasteiger charge is 2.36. The van der Waals surface area contributed by atoms with E-state index < -0.39 is 17.8 Å². The first-order valence-corrected chi connectivity index (χ1v) is 10.9. The van der Waals surface area contributed by atoms with Crippen LogP contribution < -0.4 is 10.1 Å². The van der Waals surface area contributed by atoms with Crippen LogP contribution in [-0.2, 0) is 22.7 Å². The van der Waals surface area contributed by atoms with Gasteiger partial charge in [-0.25, -0.2) is 4.79 Å². The van der Waals surface area contributed by atoms with Gasteiger partial charge in [0.1, 0.15) is 23.7 Å². The SMILES string of the molecule is Cc1cccc(COc2ccc(/C=C3\C(=O)NC(=O)N(Cc4ccco4)C3=O)cc2I)c1. The first-order chi connectivity index (χ1) is 15.4. The van der Waals surface area contributed by atoms with Gasteiger partial charge in [-0.1, -0.05) is 35.9 Å². The number of carbonyl (C=O) groups is 3. The molecule has 0 unspecified atom stereocenters. The quantitative estimate of drug-likeness (QED) is 0.283. The fourth-order valence-corrected chi connectivity index (χ4v) is 3.94. The number of barbiturate groups is 1. The fraction of sp³-hybridized carbons (Fsp3) is 0.125. The summed E-state index contributed by atoms with van der Waals surface area (Å²) >= 11 is 2.15. The molecule has 1 aliphatic heterocycles. The number of carbonyl (C=O) groups excluding carboxylic acids is 3. The topological polar surface area (TPSA) is 88.8 Å². The maximum atomic E-state index is 12.8. The molecular weight excluding hydrogens is 523 g/mol. The van der Waals surface area contributed by atoms with Crippen LogP contribution >= 0.6 is 22.6 Å². The van der Waals surface area contributed by atoms with Gasteiger partial charge < -0.3 is 9.15 Å². The average molecular weight is 542 g/mol. The maximum Gasteiger partial charge on any atom is 0.331 e. The van der Waals surface area contributed by atoms with Gasteiger partial charge in [-0.15, -0.1) is 0 Å². The van der Waals surface area contributed by atoms with Crippen LogP contribution in [0.1, 0.15) is 22.5 Å². The summed E-state index contributed by atoms with van der Waals surface area (Å²) in [5.74, 6) is -0.273. The second-order valence-electron chi connectivity index (χ2n) is 7.26. The molecule has 4 amide bonds. The zero-order valence-corrected chi connectivity index (χ0v) is 19.3. The van der Waals surface area contributed by atoms with Crippen molar-refractivity contribution in [3.8, 4) is 5.75 Å². The van der Waals surface area contributed by atoms with Gasteiger partial charge in [0, 0.05) is 0 Å². The molecule has 0 saturated carbocycles. The van der Waals surface area contributed by atoms with Gasteiger partial charge in [-0.2, -0.15) is 0 Å². The summed E-state index contributed by atoms with van der Waals surface area (Å²) in [7, 11) is 0. The van der Waals surface area contributed by atoms with Crippen molar-refractivity contribution < 1.29 is 23.5 Å². The highest BCUT2D eigenvalue weighted by atomic mass is 127. The molecule has 0 spiro atoms. The van der Waals surface area contributed by atoms with Crippen molar-refractivity contribution in [3.05, 3.63) is 92.5 Å². The van der Waals surface area contributed by atoms with E-state index in [0.717, 1.165) is 19.6 Å². The average Bonchev–Trinajstić information content (AvgIpc) is 3.27. The summed E-state index contributed by atoms with van der Waals surface area (Å²) in [5.41, 5.74) is 2.75. The molecule has 0 atom stereocenters. The molecule has 1 fully saturated rings. The van der Waals surface area contributed by atoms with Crippen LogP contribution in [0.2, 0.25) is 0 Å². The molecule has 2 heterocycles. The Morgan fingerprint density at radius 1 is 1.09 bits per heavy atom. The number of nitrogens with one attached hydrogen (secondary N) is 1. The van der Waals surface area contributed by atoms with Crippen molar-refractivity contribution in [2.24, 2.45) is 0 Å². The molecule has 32 heavy (non-hydrogen) atoms. The summed E-state index contributed by atoms with van der Waals surface area (Å²) in [6.45, 7) is 2.40. The third kappa shape index (κ3) is 4.91. The summed E-state index contributed by atoms with van der Waals surface area (Å²) in [6, 6.07) is 16.0. The van der Waals surface area contributed by atoms with Gasteiger partial charge in [-0.3, -0.25) is 19.8 Å². The lowest BCUT2D eigenvalue weighted by molar-refractivity contribution is -0.130. The van der Waals surface area contributed by atoms with Gasteiger partial charge in [0.15, 0.2) is 0 Å². The van der Waals surface area contributed by atoms with Crippen LogP contribution in [0.15, 0.2) is 70.9 Å². The van der Waals surface area contributed by atoms with E-state index in [0.29, 0.717) is 23.7 Å². The Hall–Kier alpha value is -3.40. The monoisotopic (exact) mass is 542 g/mol. The summed E-state index contributed by atoms with van der Waals surface area (Å²) < 4.78 is 12.0. The lowest BCUT2D eigenvalue weighted by Crippen LogP contribution is -2.53. The molecule has 3 aromatic rings. The number of hydrogen-bond donors (Lipinski definition) is 1. The van der Waals surface area contributed by atoms with E-state index in [1.165, 1.54) is 12.3 Å². The molecule has 1 N–H and O–H groups in total. The highest BCUT2D eigenvalue weighted by molar-refractivity contribution is 14.1. The van der Waals surface area contributed by atoms with Crippen molar-refractivity contribution in [2.75, 3.05) is 0 Å². The van der Waals surface area contributed by atoms with Crippen molar-refractivity contribution in [1.29, 1.82) is 0 Å². The third-order valence-corrected chi connectivity index (χ3v) is 5.67. The van der Waals surface area contributed by atoms with Gasteiger partial charge in [0.05, 0.1) is 16.4 Å². The maximum absolute atomic E-state index is 12.8. The molecule has 1 aromatic heterocycles. The van der Waals surface area contributed by atoms with E-state index in [2.05, 4.69) is 34.0 Å². The number of amides is 4. The first-order valence-electron chi connectivity index (χ1n) is 9.80. The minimum atomic E-state index is -0.775. The van der Waals surface area contributed by atoms with Crippen LogP contribution in [-0.4, -0.2) is 22.7 Å². The zero-order chi connectivity index (χ0) is 22.7. The third-order valence-electron chi connectivity index (χ3n) is 4.82. The Bertz CT molecular complexity index is 1220.